The van der Waals surface area contributed by atoms with Gasteiger partial charge in [-0.25, -0.2) is 0 Å². The molecule has 1 aromatic carbocycles. The van der Waals surface area contributed by atoms with Crippen molar-refractivity contribution in [1.82, 2.24) is 10.2 Å². The third kappa shape index (κ3) is 5.88. The fourth-order valence-electron chi connectivity index (χ4n) is 2.99. The number of amides is 2. The molecule has 0 saturated carbocycles. The van der Waals surface area contributed by atoms with Gasteiger partial charge in [0.25, 0.3) is 11.8 Å². The minimum atomic E-state index is -0.459. The average Bonchev–Trinajstić information content (AvgIpc) is 2.91. The Morgan fingerprint density at radius 2 is 2.04 bits per heavy atom. The number of nitrogens with zero attached hydrogens (tertiary/aromatic N) is 1. The van der Waals surface area contributed by atoms with Crippen molar-refractivity contribution in [1.29, 1.82) is 0 Å². The minimum absolute atomic E-state index is 0.114. The van der Waals surface area contributed by atoms with Crippen molar-refractivity contribution >= 4 is 35.0 Å². The number of hydrogen-bond donors (Lipinski definition) is 2. The first-order valence-electron chi connectivity index (χ1n) is 9.29. The standard InChI is InChI=1S/C20H26Cl2N2O3/c1-3-4-5-10-24-12-15(18(25)20(24)27)19(26)23-13(2)6-7-14-8-9-16(21)17(22)11-14/h8-9,11,13,25H,3-7,10,12H2,1-2H3,(H,23,26). The Balaban J connectivity index is 1.86. The molecule has 1 aromatic rings. The van der Waals surface area contributed by atoms with Gasteiger partial charge in [-0.3, -0.25) is 9.59 Å². The summed E-state index contributed by atoms with van der Waals surface area (Å²) in [4.78, 5) is 26.1. The number of aryl methyl sites for hydroxylation is 1. The summed E-state index contributed by atoms with van der Waals surface area (Å²) >= 11 is 11.9. The number of aliphatic hydroxyl groups excluding tert-OH is 1. The van der Waals surface area contributed by atoms with Crippen LogP contribution < -0.4 is 5.32 Å². The van der Waals surface area contributed by atoms with E-state index >= 15 is 0 Å². The van der Waals surface area contributed by atoms with Gasteiger partial charge in [0.1, 0.15) is 0 Å². The number of halogens is 2. The smallest absolute Gasteiger partial charge is 0.289 e. The zero-order valence-electron chi connectivity index (χ0n) is 15.7. The van der Waals surface area contributed by atoms with Crippen LogP contribution in [0.4, 0.5) is 0 Å². The monoisotopic (exact) mass is 412 g/mol. The maximum atomic E-state index is 12.5. The largest absolute Gasteiger partial charge is 0.503 e. The molecule has 148 valence electrons. The molecule has 0 bridgehead atoms. The van der Waals surface area contributed by atoms with Gasteiger partial charge in [0, 0.05) is 12.6 Å². The third-order valence-corrected chi connectivity index (χ3v) is 5.40. The highest BCUT2D eigenvalue weighted by Gasteiger charge is 2.33. The van der Waals surface area contributed by atoms with Gasteiger partial charge in [0.15, 0.2) is 5.76 Å². The van der Waals surface area contributed by atoms with Crippen molar-refractivity contribution in [3.8, 4) is 0 Å². The third-order valence-electron chi connectivity index (χ3n) is 4.66. The molecule has 1 aliphatic heterocycles. The molecule has 5 nitrogen and oxygen atoms in total. The minimum Gasteiger partial charge on any atom is -0.503 e. The van der Waals surface area contributed by atoms with Crippen LogP contribution in [0.25, 0.3) is 0 Å². The number of carbonyl (C=O) groups is 2. The zero-order valence-corrected chi connectivity index (χ0v) is 17.2. The Kier molecular flexibility index (Phi) is 7.99. The van der Waals surface area contributed by atoms with Crippen LogP contribution >= 0.6 is 23.2 Å². The lowest BCUT2D eigenvalue weighted by Crippen LogP contribution is -2.36. The second-order valence-electron chi connectivity index (χ2n) is 6.92. The van der Waals surface area contributed by atoms with Gasteiger partial charge in [0.05, 0.1) is 22.2 Å². The Bertz CT molecular complexity index is 734. The maximum absolute atomic E-state index is 12.5. The molecule has 1 aliphatic rings. The maximum Gasteiger partial charge on any atom is 0.289 e. The van der Waals surface area contributed by atoms with Crippen molar-refractivity contribution in [2.24, 2.45) is 0 Å². The molecule has 1 atom stereocenters. The van der Waals surface area contributed by atoms with Crippen LogP contribution in [0.3, 0.4) is 0 Å². The summed E-state index contributed by atoms with van der Waals surface area (Å²) in [5.41, 5.74) is 1.18. The van der Waals surface area contributed by atoms with Crippen molar-refractivity contribution in [2.45, 2.75) is 52.0 Å². The van der Waals surface area contributed by atoms with E-state index in [0.717, 1.165) is 31.2 Å². The number of benzene rings is 1. The van der Waals surface area contributed by atoms with E-state index in [0.29, 0.717) is 23.0 Å². The number of aliphatic hydroxyl groups is 1. The zero-order chi connectivity index (χ0) is 20.0. The molecule has 0 radical (unpaired) electrons. The normalized spacial score (nSPS) is 15.4. The van der Waals surface area contributed by atoms with E-state index in [1.165, 1.54) is 4.90 Å². The lowest BCUT2D eigenvalue weighted by atomic mass is 10.1. The highest BCUT2D eigenvalue weighted by atomic mass is 35.5. The fraction of sp³-hybridized carbons (Fsp3) is 0.500. The summed E-state index contributed by atoms with van der Waals surface area (Å²) in [5.74, 6) is -1.28. The molecule has 0 fully saturated rings. The first-order chi connectivity index (χ1) is 12.8. The summed E-state index contributed by atoms with van der Waals surface area (Å²) in [5, 5.41) is 13.9. The molecule has 0 aromatic heterocycles. The SMILES string of the molecule is CCCCCN1CC(C(=O)NC(C)CCc2ccc(Cl)c(Cl)c2)=C(O)C1=O. The summed E-state index contributed by atoms with van der Waals surface area (Å²) in [6.07, 6.45) is 4.35. The Morgan fingerprint density at radius 1 is 1.30 bits per heavy atom. The van der Waals surface area contributed by atoms with Gasteiger partial charge in [-0.1, -0.05) is 49.0 Å². The van der Waals surface area contributed by atoms with Crippen molar-refractivity contribution in [3.05, 3.63) is 45.1 Å². The Hall–Kier alpha value is -1.72. The van der Waals surface area contributed by atoms with Crippen LogP contribution in [0.15, 0.2) is 29.5 Å². The predicted molar refractivity (Wildman–Crippen MR) is 108 cm³/mol. The van der Waals surface area contributed by atoms with E-state index in [4.69, 9.17) is 23.2 Å². The molecule has 27 heavy (non-hydrogen) atoms. The van der Waals surface area contributed by atoms with Gasteiger partial charge in [-0.05, 0) is 43.9 Å². The van der Waals surface area contributed by atoms with E-state index < -0.39 is 11.7 Å². The molecular weight excluding hydrogens is 387 g/mol. The van der Waals surface area contributed by atoms with Crippen molar-refractivity contribution in [2.75, 3.05) is 13.1 Å². The van der Waals surface area contributed by atoms with E-state index in [9.17, 15) is 14.7 Å². The number of rotatable bonds is 9. The van der Waals surface area contributed by atoms with Gasteiger partial charge in [0.2, 0.25) is 0 Å². The molecule has 2 rings (SSSR count). The van der Waals surface area contributed by atoms with Crippen LogP contribution in [0.5, 0.6) is 0 Å². The Labute approximate surface area is 170 Å². The number of carbonyl (C=O) groups excluding carboxylic acids is 2. The molecule has 2 amide bonds. The molecule has 2 N–H and O–H groups in total. The average molecular weight is 413 g/mol. The molecule has 1 unspecified atom stereocenters. The molecular formula is C20H26Cl2N2O3. The molecule has 0 aliphatic carbocycles. The molecule has 7 heteroatoms. The summed E-state index contributed by atoms with van der Waals surface area (Å²) in [6.45, 7) is 4.70. The van der Waals surface area contributed by atoms with Crippen LogP contribution in [0, 0.1) is 0 Å². The highest BCUT2D eigenvalue weighted by Crippen LogP contribution is 2.23. The lowest BCUT2D eigenvalue weighted by molar-refractivity contribution is -0.127. The fourth-order valence-corrected chi connectivity index (χ4v) is 3.31. The second kappa shape index (κ2) is 10.00. The van der Waals surface area contributed by atoms with E-state index in [-0.39, 0.29) is 24.1 Å². The summed E-state index contributed by atoms with van der Waals surface area (Å²) in [7, 11) is 0. The second-order valence-corrected chi connectivity index (χ2v) is 7.74. The molecule has 0 saturated heterocycles. The summed E-state index contributed by atoms with van der Waals surface area (Å²) < 4.78 is 0. The molecule has 0 spiro atoms. The van der Waals surface area contributed by atoms with Crippen LogP contribution in [0.1, 0.15) is 45.1 Å². The van der Waals surface area contributed by atoms with Gasteiger partial charge >= 0.3 is 0 Å². The van der Waals surface area contributed by atoms with E-state index in [1.54, 1.807) is 6.07 Å². The number of nitrogens with one attached hydrogen (secondary N) is 1. The predicted octanol–water partition coefficient (Wildman–Crippen LogP) is 4.28. The van der Waals surface area contributed by atoms with E-state index in [1.807, 2.05) is 19.1 Å². The number of hydrogen-bond acceptors (Lipinski definition) is 3. The summed E-state index contributed by atoms with van der Waals surface area (Å²) in [6, 6.07) is 5.36. The van der Waals surface area contributed by atoms with Gasteiger partial charge in [-0.2, -0.15) is 0 Å². The van der Waals surface area contributed by atoms with E-state index in [2.05, 4.69) is 12.2 Å². The number of unbranched alkanes of at least 4 members (excludes halogenated alkanes) is 2. The van der Waals surface area contributed by atoms with Crippen LogP contribution in [-0.2, 0) is 16.0 Å². The highest BCUT2D eigenvalue weighted by molar-refractivity contribution is 6.42. The molecule has 1 heterocycles. The van der Waals surface area contributed by atoms with Crippen molar-refractivity contribution < 1.29 is 14.7 Å². The first-order valence-corrected chi connectivity index (χ1v) is 10.0. The Morgan fingerprint density at radius 3 is 2.70 bits per heavy atom. The first kappa shape index (κ1) is 21.6. The van der Waals surface area contributed by atoms with Gasteiger partial charge in [-0.15, -0.1) is 0 Å². The lowest BCUT2D eigenvalue weighted by Gasteiger charge is -2.17. The van der Waals surface area contributed by atoms with Crippen molar-refractivity contribution in [3.63, 3.8) is 0 Å². The van der Waals surface area contributed by atoms with Gasteiger partial charge < -0.3 is 15.3 Å². The van der Waals surface area contributed by atoms with Crippen LogP contribution in [-0.4, -0.2) is 41.0 Å². The topological polar surface area (TPSA) is 69.6 Å². The van der Waals surface area contributed by atoms with Crippen LogP contribution in [0.2, 0.25) is 10.0 Å². The quantitative estimate of drug-likeness (QED) is 0.594.